The van der Waals surface area contributed by atoms with Gasteiger partial charge >= 0.3 is 0 Å². The standard InChI is InChI=1S/C11H20N4/c1-9-4-3-6-12-10(9)8-13-11-5-7-14-15(11)2/h5,7,9-10,12-13H,3-4,6,8H2,1-2H3. The third-order valence-corrected chi connectivity index (χ3v) is 3.25. The number of nitrogens with zero attached hydrogens (tertiary/aromatic N) is 2. The number of aryl methyl sites for hydroxylation is 1. The van der Waals surface area contributed by atoms with Gasteiger partial charge in [-0.1, -0.05) is 6.92 Å². The van der Waals surface area contributed by atoms with E-state index in [1.165, 1.54) is 12.8 Å². The molecule has 1 fully saturated rings. The average Bonchev–Trinajstić information content (AvgIpc) is 2.63. The maximum Gasteiger partial charge on any atom is 0.123 e. The molecule has 0 aromatic carbocycles. The van der Waals surface area contributed by atoms with Gasteiger partial charge in [0, 0.05) is 25.7 Å². The average molecular weight is 208 g/mol. The molecule has 15 heavy (non-hydrogen) atoms. The van der Waals surface area contributed by atoms with Crippen LogP contribution in [0.4, 0.5) is 5.82 Å². The Morgan fingerprint density at radius 3 is 3.20 bits per heavy atom. The first kappa shape index (κ1) is 10.5. The maximum absolute atomic E-state index is 4.13. The van der Waals surface area contributed by atoms with Crippen LogP contribution in [-0.4, -0.2) is 28.9 Å². The van der Waals surface area contributed by atoms with E-state index in [9.17, 15) is 0 Å². The van der Waals surface area contributed by atoms with E-state index in [4.69, 9.17) is 0 Å². The first-order chi connectivity index (χ1) is 7.27. The van der Waals surface area contributed by atoms with E-state index in [0.717, 1.165) is 24.8 Å². The molecule has 2 heterocycles. The zero-order chi connectivity index (χ0) is 10.7. The fourth-order valence-electron chi connectivity index (χ4n) is 2.15. The molecule has 4 heteroatoms. The first-order valence-corrected chi connectivity index (χ1v) is 5.72. The lowest BCUT2D eigenvalue weighted by Gasteiger charge is -2.30. The number of hydrogen-bond donors (Lipinski definition) is 2. The van der Waals surface area contributed by atoms with Crippen LogP contribution in [0.3, 0.4) is 0 Å². The Kier molecular flexibility index (Phi) is 3.26. The largest absolute Gasteiger partial charge is 0.369 e. The Hall–Kier alpha value is -1.03. The van der Waals surface area contributed by atoms with Crippen molar-refractivity contribution in [2.45, 2.75) is 25.8 Å². The highest BCUT2D eigenvalue weighted by Gasteiger charge is 2.20. The number of hydrogen-bond acceptors (Lipinski definition) is 3. The molecule has 0 radical (unpaired) electrons. The molecule has 1 aliphatic rings. The van der Waals surface area contributed by atoms with E-state index < -0.39 is 0 Å². The number of aromatic nitrogens is 2. The minimum atomic E-state index is 0.591. The van der Waals surface area contributed by atoms with Crippen molar-refractivity contribution in [3.8, 4) is 0 Å². The maximum atomic E-state index is 4.13. The highest BCUT2D eigenvalue weighted by molar-refractivity contribution is 5.33. The van der Waals surface area contributed by atoms with Crippen molar-refractivity contribution >= 4 is 5.82 Å². The predicted molar refractivity (Wildman–Crippen MR) is 61.9 cm³/mol. The summed E-state index contributed by atoms with van der Waals surface area (Å²) in [4.78, 5) is 0. The molecule has 2 N–H and O–H groups in total. The van der Waals surface area contributed by atoms with Gasteiger partial charge in [-0.05, 0) is 25.3 Å². The third kappa shape index (κ3) is 2.50. The second-order valence-corrected chi connectivity index (χ2v) is 4.40. The summed E-state index contributed by atoms with van der Waals surface area (Å²) in [7, 11) is 1.96. The predicted octanol–water partition coefficient (Wildman–Crippen LogP) is 1.22. The van der Waals surface area contributed by atoms with Gasteiger partial charge in [-0.25, -0.2) is 0 Å². The molecule has 4 nitrogen and oxygen atoms in total. The van der Waals surface area contributed by atoms with Crippen molar-refractivity contribution < 1.29 is 0 Å². The second kappa shape index (κ2) is 4.66. The fourth-order valence-corrected chi connectivity index (χ4v) is 2.15. The molecule has 1 saturated heterocycles. The van der Waals surface area contributed by atoms with Crippen molar-refractivity contribution in [3.63, 3.8) is 0 Å². The molecule has 2 atom stereocenters. The lowest BCUT2D eigenvalue weighted by molar-refractivity contribution is 0.310. The van der Waals surface area contributed by atoms with Crippen molar-refractivity contribution in [2.24, 2.45) is 13.0 Å². The Labute approximate surface area is 91.1 Å². The molecular weight excluding hydrogens is 188 g/mol. The number of anilines is 1. The molecule has 0 aliphatic carbocycles. The lowest BCUT2D eigenvalue weighted by atomic mass is 9.93. The molecule has 84 valence electrons. The van der Waals surface area contributed by atoms with Gasteiger partial charge in [-0.15, -0.1) is 0 Å². The van der Waals surface area contributed by atoms with Crippen LogP contribution in [0, 0.1) is 5.92 Å². The van der Waals surface area contributed by atoms with Gasteiger partial charge in [-0.2, -0.15) is 5.10 Å². The number of piperidine rings is 1. The lowest BCUT2D eigenvalue weighted by Crippen LogP contribution is -2.44. The minimum absolute atomic E-state index is 0.591. The van der Waals surface area contributed by atoms with Crippen LogP contribution < -0.4 is 10.6 Å². The van der Waals surface area contributed by atoms with Crippen LogP contribution in [0.15, 0.2) is 12.3 Å². The molecule has 0 spiro atoms. The van der Waals surface area contributed by atoms with Crippen LogP contribution >= 0.6 is 0 Å². The summed E-state index contributed by atoms with van der Waals surface area (Å²) in [5.74, 6) is 1.86. The second-order valence-electron chi connectivity index (χ2n) is 4.40. The molecular formula is C11H20N4. The third-order valence-electron chi connectivity index (χ3n) is 3.25. The van der Waals surface area contributed by atoms with Gasteiger partial charge in [0.25, 0.3) is 0 Å². The van der Waals surface area contributed by atoms with Gasteiger partial charge in [0.1, 0.15) is 5.82 Å². The van der Waals surface area contributed by atoms with Gasteiger partial charge in [0.15, 0.2) is 0 Å². The monoisotopic (exact) mass is 208 g/mol. The van der Waals surface area contributed by atoms with Gasteiger partial charge in [-0.3, -0.25) is 4.68 Å². The quantitative estimate of drug-likeness (QED) is 0.785. The number of nitrogens with one attached hydrogen (secondary N) is 2. The van der Waals surface area contributed by atoms with Crippen LogP contribution in [0.25, 0.3) is 0 Å². The molecule has 1 aromatic heterocycles. The van der Waals surface area contributed by atoms with Gasteiger partial charge in [0.2, 0.25) is 0 Å². The van der Waals surface area contributed by atoms with Crippen LogP contribution in [0.1, 0.15) is 19.8 Å². The Morgan fingerprint density at radius 2 is 2.53 bits per heavy atom. The highest BCUT2D eigenvalue weighted by Crippen LogP contribution is 2.16. The minimum Gasteiger partial charge on any atom is -0.369 e. The van der Waals surface area contributed by atoms with Crippen LogP contribution in [0.5, 0.6) is 0 Å². The SMILES string of the molecule is CC1CCCNC1CNc1ccnn1C. The molecule has 0 amide bonds. The molecule has 1 aromatic rings. The molecule has 0 saturated carbocycles. The summed E-state index contributed by atoms with van der Waals surface area (Å²) in [5.41, 5.74) is 0. The van der Waals surface area contributed by atoms with Gasteiger partial charge in [0.05, 0.1) is 6.20 Å². The molecule has 2 rings (SSSR count). The molecule has 0 bridgehead atoms. The Balaban J connectivity index is 1.84. The Morgan fingerprint density at radius 1 is 1.67 bits per heavy atom. The molecule has 1 aliphatic heterocycles. The van der Waals surface area contributed by atoms with E-state index in [2.05, 4.69) is 22.7 Å². The van der Waals surface area contributed by atoms with Crippen LogP contribution in [-0.2, 0) is 7.05 Å². The zero-order valence-electron chi connectivity index (χ0n) is 9.53. The Bertz CT molecular complexity index is 307. The fraction of sp³-hybridized carbons (Fsp3) is 0.727. The van der Waals surface area contributed by atoms with E-state index in [0.29, 0.717) is 6.04 Å². The summed E-state index contributed by atoms with van der Waals surface area (Å²) in [6.07, 6.45) is 4.47. The molecule has 2 unspecified atom stereocenters. The normalized spacial score (nSPS) is 26.5. The summed E-state index contributed by atoms with van der Waals surface area (Å²) >= 11 is 0. The van der Waals surface area contributed by atoms with Crippen molar-refractivity contribution in [1.29, 1.82) is 0 Å². The topological polar surface area (TPSA) is 41.9 Å². The summed E-state index contributed by atoms with van der Waals surface area (Å²) in [6.45, 7) is 4.46. The van der Waals surface area contributed by atoms with E-state index in [1.54, 1.807) is 0 Å². The van der Waals surface area contributed by atoms with Crippen molar-refractivity contribution in [3.05, 3.63) is 12.3 Å². The van der Waals surface area contributed by atoms with E-state index in [1.807, 2.05) is 24.0 Å². The van der Waals surface area contributed by atoms with Crippen molar-refractivity contribution in [1.82, 2.24) is 15.1 Å². The highest BCUT2D eigenvalue weighted by atomic mass is 15.3. The van der Waals surface area contributed by atoms with E-state index in [-0.39, 0.29) is 0 Å². The smallest absolute Gasteiger partial charge is 0.123 e. The van der Waals surface area contributed by atoms with E-state index >= 15 is 0 Å². The first-order valence-electron chi connectivity index (χ1n) is 5.72. The van der Waals surface area contributed by atoms with Gasteiger partial charge < -0.3 is 10.6 Å². The zero-order valence-corrected chi connectivity index (χ0v) is 9.53. The van der Waals surface area contributed by atoms with Crippen LogP contribution in [0.2, 0.25) is 0 Å². The summed E-state index contributed by atoms with van der Waals surface area (Å²) in [6, 6.07) is 2.60. The number of rotatable bonds is 3. The summed E-state index contributed by atoms with van der Waals surface area (Å²) < 4.78 is 1.87. The van der Waals surface area contributed by atoms with Crippen molar-refractivity contribution in [2.75, 3.05) is 18.4 Å². The summed E-state index contributed by atoms with van der Waals surface area (Å²) in [5, 5.41) is 11.1.